The zero-order chi connectivity index (χ0) is 22.1. The lowest BCUT2D eigenvalue weighted by molar-refractivity contribution is -0.133. The Bertz CT molecular complexity index is 1100. The van der Waals surface area contributed by atoms with Crippen molar-refractivity contribution < 1.29 is 19.4 Å². The molecule has 0 amide bonds. The van der Waals surface area contributed by atoms with Crippen LogP contribution in [0, 0.1) is 0 Å². The number of hydrogen-bond acceptors (Lipinski definition) is 4. The van der Waals surface area contributed by atoms with Crippen molar-refractivity contribution in [3.05, 3.63) is 87.2 Å². The summed E-state index contributed by atoms with van der Waals surface area (Å²) in [6.07, 6.45) is 0.946. The lowest BCUT2D eigenvalue weighted by atomic mass is 9.71. The maximum atomic E-state index is 13.4. The molecule has 1 aliphatic heterocycles. The van der Waals surface area contributed by atoms with Gasteiger partial charge in [0.2, 0.25) is 0 Å². The number of para-hydroxylation sites is 1. The molecule has 0 bridgehead atoms. The second kappa shape index (κ2) is 8.60. The van der Waals surface area contributed by atoms with Crippen molar-refractivity contribution in [1.82, 2.24) is 5.32 Å². The number of hydrogen-bond donors (Lipinski definition) is 2. The molecule has 0 aromatic heterocycles. The van der Waals surface area contributed by atoms with Gasteiger partial charge in [-0.05, 0) is 49.9 Å². The van der Waals surface area contributed by atoms with Gasteiger partial charge in [-0.1, -0.05) is 41.9 Å². The van der Waals surface area contributed by atoms with Crippen molar-refractivity contribution in [1.29, 1.82) is 0 Å². The molecule has 1 heterocycles. The zero-order valence-electron chi connectivity index (χ0n) is 17.4. The highest BCUT2D eigenvalue weighted by Gasteiger charge is 2.41. The summed E-state index contributed by atoms with van der Waals surface area (Å²) in [5.41, 5.74) is 3.79. The molecule has 0 saturated carbocycles. The lowest BCUT2D eigenvalue weighted by Gasteiger charge is -2.36. The van der Waals surface area contributed by atoms with Crippen LogP contribution in [0.4, 0.5) is 0 Å². The van der Waals surface area contributed by atoms with Gasteiger partial charge in [0.05, 0.1) is 18.1 Å². The first-order chi connectivity index (χ1) is 14.9. The van der Waals surface area contributed by atoms with Gasteiger partial charge in [0.25, 0.3) is 0 Å². The van der Waals surface area contributed by atoms with Crippen molar-refractivity contribution in [2.24, 2.45) is 0 Å². The molecular weight excluding hydrogens is 414 g/mol. The third-order valence-electron chi connectivity index (χ3n) is 5.93. The Hall–Kier alpha value is -3.05. The third-order valence-corrected chi connectivity index (χ3v) is 6.18. The Morgan fingerprint density at radius 1 is 1.16 bits per heavy atom. The number of carbonyl (C=O) groups excluding carboxylic acids is 1. The van der Waals surface area contributed by atoms with E-state index < -0.39 is 11.9 Å². The molecule has 6 heteroatoms. The first kappa shape index (κ1) is 21.2. The Labute approximate surface area is 186 Å². The monoisotopic (exact) mass is 437 g/mol. The van der Waals surface area contributed by atoms with E-state index in [4.69, 9.17) is 16.3 Å². The topological polar surface area (TPSA) is 75.6 Å². The van der Waals surface area contributed by atoms with Crippen LogP contribution in [0.5, 0.6) is 5.75 Å². The maximum Gasteiger partial charge on any atom is 0.334 e. The number of carbonyl (C=O) groups is 2. The molecule has 31 heavy (non-hydrogen) atoms. The summed E-state index contributed by atoms with van der Waals surface area (Å²) >= 11 is 6.02. The van der Waals surface area contributed by atoms with E-state index in [9.17, 15) is 14.7 Å². The minimum Gasteiger partial charge on any atom is -0.494 e. The van der Waals surface area contributed by atoms with Crippen LogP contribution in [-0.4, -0.2) is 23.5 Å². The molecule has 0 spiro atoms. The van der Waals surface area contributed by atoms with Crippen LogP contribution in [0.25, 0.3) is 0 Å². The fraction of sp³-hybridized carbons (Fsp3) is 0.280. The van der Waals surface area contributed by atoms with E-state index in [2.05, 4.69) is 5.32 Å². The second-order valence-corrected chi connectivity index (χ2v) is 8.28. The quantitative estimate of drug-likeness (QED) is 0.673. The number of nitrogens with one attached hydrogen (secondary N) is 1. The molecule has 2 unspecified atom stereocenters. The van der Waals surface area contributed by atoms with Gasteiger partial charge in [0.15, 0.2) is 5.78 Å². The molecule has 4 rings (SSSR count). The highest BCUT2D eigenvalue weighted by atomic mass is 35.5. The van der Waals surface area contributed by atoms with Gasteiger partial charge in [-0.3, -0.25) is 4.79 Å². The number of aliphatic carboxylic acids is 1. The van der Waals surface area contributed by atoms with Crippen LogP contribution in [-0.2, 0) is 9.59 Å². The average molecular weight is 438 g/mol. The molecule has 0 radical (unpaired) electrons. The van der Waals surface area contributed by atoms with Crippen molar-refractivity contribution >= 4 is 23.4 Å². The van der Waals surface area contributed by atoms with Crippen LogP contribution in [0.3, 0.4) is 0 Å². The summed E-state index contributed by atoms with van der Waals surface area (Å²) in [6, 6.07) is 14.9. The highest BCUT2D eigenvalue weighted by molar-refractivity contribution is 6.30. The summed E-state index contributed by atoms with van der Waals surface area (Å²) in [4.78, 5) is 25.7. The minimum atomic E-state index is -1.04. The average Bonchev–Trinajstić information content (AvgIpc) is 2.73. The predicted molar refractivity (Wildman–Crippen MR) is 119 cm³/mol. The molecule has 2 atom stereocenters. The number of ether oxygens (including phenoxy) is 1. The summed E-state index contributed by atoms with van der Waals surface area (Å²) in [5.74, 6) is -1.15. The van der Waals surface area contributed by atoms with Crippen molar-refractivity contribution in [2.75, 3.05) is 6.61 Å². The molecule has 2 N–H and O–H groups in total. The van der Waals surface area contributed by atoms with E-state index in [-0.39, 0.29) is 17.3 Å². The van der Waals surface area contributed by atoms with Crippen LogP contribution >= 0.6 is 11.6 Å². The number of rotatable bonds is 5. The van der Waals surface area contributed by atoms with Gasteiger partial charge in [-0.25, -0.2) is 4.79 Å². The summed E-state index contributed by atoms with van der Waals surface area (Å²) in [6.45, 7) is 4.08. The van der Waals surface area contributed by atoms with E-state index in [1.165, 1.54) is 0 Å². The van der Waals surface area contributed by atoms with Gasteiger partial charge in [-0.2, -0.15) is 0 Å². The van der Waals surface area contributed by atoms with Gasteiger partial charge < -0.3 is 15.2 Å². The molecule has 2 aliphatic rings. The lowest BCUT2D eigenvalue weighted by Crippen LogP contribution is -2.35. The highest BCUT2D eigenvalue weighted by Crippen LogP contribution is 2.47. The Balaban J connectivity index is 1.82. The fourth-order valence-electron chi connectivity index (χ4n) is 4.61. The number of allylic oxidation sites excluding steroid dienone is 3. The van der Waals surface area contributed by atoms with Gasteiger partial charge >= 0.3 is 5.97 Å². The fourth-order valence-corrected chi connectivity index (χ4v) is 4.74. The van der Waals surface area contributed by atoms with E-state index in [0.717, 1.165) is 11.3 Å². The number of ketones is 1. The number of carboxylic acid groups (broad SMARTS) is 1. The molecule has 0 saturated heterocycles. The number of carboxylic acids is 1. The first-order valence-corrected chi connectivity index (χ1v) is 10.7. The zero-order valence-corrected chi connectivity index (χ0v) is 18.2. The van der Waals surface area contributed by atoms with Gasteiger partial charge in [0.1, 0.15) is 5.75 Å². The second-order valence-electron chi connectivity index (χ2n) is 7.84. The smallest absolute Gasteiger partial charge is 0.334 e. The number of halogens is 1. The third kappa shape index (κ3) is 3.98. The van der Waals surface area contributed by atoms with E-state index in [0.29, 0.717) is 47.1 Å². The number of dihydropyridines is 1. The molecule has 1 aliphatic carbocycles. The molecular formula is C25H24ClNO4. The number of benzene rings is 2. The standard InChI is InChI=1S/C25H24ClNO4/c1-3-31-21-7-5-4-6-18(21)23-22(25(29)30)14(2)27-19-12-16(13-20(28)24(19)23)15-8-10-17(26)11-9-15/h4-11,16,23,27H,3,12-13H2,1-2H3,(H,29,30). The van der Waals surface area contributed by atoms with Gasteiger partial charge in [-0.15, -0.1) is 0 Å². The van der Waals surface area contributed by atoms with Crippen LogP contribution in [0.2, 0.25) is 5.02 Å². The largest absolute Gasteiger partial charge is 0.494 e. The van der Waals surface area contributed by atoms with Crippen molar-refractivity contribution in [2.45, 2.75) is 38.5 Å². The molecule has 2 aromatic rings. The Kier molecular flexibility index (Phi) is 5.88. The van der Waals surface area contributed by atoms with E-state index in [1.54, 1.807) is 6.92 Å². The Morgan fingerprint density at radius 2 is 1.87 bits per heavy atom. The van der Waals surface area contributed by atoms with Crippen LogP contribution in [0.1, 0.15) is 49.7 Å². The molecule has 160 valence electrons. The van der Waals surface area contributed by atoms with Crippen molar-refractivity contribution in [3.63, 3.8) is 0 Å². The normalized spacial score (nSPS) is 20.9. The summed E-state index contributed by atoms with van der Waals surface area (Å²) < 4.78 is 5.79. The maximum absolute atomic E-state index is 13.4. The van der Waals surface area contributed by atoms with E-state index in [1.807, 2.05) is 55.5 Å². The van der Waals surface area contributed by atoms with Crippen molar-refractivity contribution in [3.8, 4) is 5.75 Å². The summed E-state index contributed by atoms with van der Waals surface area (Å²) in [5, 5.41) is 13.9. The molecule has 5 nitrogen and oxygen atoms in total. The van der Waals surface area contributed by atoms with Gasteiger partial charge in [0, 0.05) is 34.0 Å². The van der Waals surface area contributed by atoms with E-state index >= 15 is 0 Å². The number of Topliss-reactive ketones (excluding diaryl/α,β-unsaturated/α-hetero) is 1. The molecule has 0 fully saturated rings. The van der Waals surface area contributed by atoms with Crippen LogP contribution in [0.15, 0.2) is 71.1 Å². The van der Waals surface area contributed by atoms with Crippen LogP contribution < -0.4 is 10.1 Å². The first-order valence-electron chi connectivity index (χ1n) is 10.3. The predicted octanol–water partition coefficient (Wildman–Crippen LogP) is 5.18. The summed E-state index contributed by atoms with van der Waals surface area (Å²) in [7, 11) is 0. The molecule has 2 aromatic carbocycles. The Morgan fingerprint density at radius 3 is 2.55 bits per heavy atom. The minimum absolute atomic E-state index is 0.0120. The SMILES string of the molecule is CCOc1ccccc1C1C(C(=O)O)=C(C)NC2=C1C(=O)CC(c1ccc(Cl)cc1)C2.